The summed E-state index contributed by atoms with van der Waals surface area (Å²) in [5.74, 6) is -0.691. The summed E-state index contributed by atoms with van der Waals surface area (Å²) in [6.45, 7) is 1.46. The Kier molecular flexibility index (Phi) is 8.97. The minimum absolute atomic E-state index is 0.110. The Hall–Kier alpha value is -2.58. The van der Waals surface area contributed by atoms with Crippen molar-refractivity contribution in [3.8, 4) is 0 Å². The molecule has 1 saturated carbocycles. The third-order valence-electron chi connectivity index (χ3n) is 6.11. The van der Waals surface area contributed by atoms with E-state index in [0.717, 1.165) is 41.8 Å². The van der Waals surface area contributed by atoms with Crippen LogP contribution in [0.25, 0.3) is 0 Å². The Balaban J connectivity index is 1.83. The fourth-order valence-electron chi connectivity index (χ4n) is 4.15. The van der Waals surface area contributed by atoms with Crippen molar-refractivity contribution in [2.75, 3.05) is 17.1 Å². The number of nitrogens with one attached hydrogen (secondary N) is 1. The van der Waals surface area contributed by atoms with Crippen molar-refractivity contribution in [2.45, 2.75) is 57.7 Å². The summed E-state index contributed by atoms with van der Waals surface area (Å²) in [5.41, 5.74) is 1.18. The van der Waals surface area contributed by atoms with Crippen LogP contribution in [0.15, 0.2) is 54.6 Å². The molecule has 0 saturated heterocycles. The lowest BCUT2D eigenvalue weighted by molar-refractivity contribution is -0.139. The van der Waals surface area contributed by atoms with E-state index in [1.54, 1.807) is 31.2 Å². The van der Waals surface area contributed by atoms with Gasteiger partial charge in [-0.1, -0.05) is 61.2 Å². The first kappa shape index (κ1) is 26.0. The molecule has 0 radical (unpaired) electrons. The Morgan fingerprint density at radius 2 is 1.65 bits per heavy atom. The largest absolute Gasteiger partial charge is 0.352 e. The molecule has 1 N–H and O–H groups in total. The number of anilines is 1. The van der Waals surface area contributed by atoms with Gasteiger partial charge in [-0.25, -0.2) is 8.42 Å². The van der Waals surface area contributed by atoms with Crippen LogP contribution in [0.1, 0.15) is 44.6 Å². The van der Waals surface area contributed by atoms with Gasteiger partial charge in [-0.15, -0.1) is 0 Å². The van der Waals surface area contributed by atoms with Gasteiger partial charge in [0, 0.05) is 17.6 Å². The van der Waals surface area contributed by atoms with Gasteiger partial charge in [-0.05, 0) is 49.6 Å². The second kappa shape index (κ2) is 11.7. The Labute approximate surface area is 207 Å². The van der Waals surface area contributed by atoms with Crippen LogP contribution in [0.4, 0.5) is 5.69 Å². The summed E-state index contributed by atoms with van der Waals surface area (Å²) in [5, 5.41) is 3.54. The van der Waals surface area contributed by atoms with Gasteiger partial charge in [0.1, 0.15) is 12.6 Å². The summed E-state index contributed by atoms with van der Waals surface area (Å²) < 4.78 is 26.1. The summed E-state index contributed by atoms with van der Waals surface area (Å²) in [7, 11) is -3.76. The average molecular weight is 506 g/mol. The van der Waals surface area contributed by atoms with Gasteiger partial charge in [0.25, 0.3) is 0 Å². The summed E-state index contributed by atoms with van der Waals surface area (Å²) in [6, 6.07) is 14.9. The van der Waals surface area contributed by atoms with E-state index >= 15 is 0 Å². The molecule has 0 heterocycles. The highest BCUT2D eigenvalue weighted by atomic mass is 35.5. The predicted molar refractivity (Wildman–Crippen MR) is 135 cm³/mol. The number of nitrogens with zero attached hydrogens (tertiary/aromatic N) is 2. The van der Waals surface area contributed by atoms with E-state index in [2.05, 4.69) is 5.32 Å². The molecule has 0 aliphatic heterocycles. The zero-order valence-corrected chi connectivity index (χ0v) is 21.2. The summed E-state index contributed by atoms with van der Waals surface area (Å²) in [4.78, 5) is 28.0. The fourth-order valence-corrected chi connectivity index (χ4v) is 5.13. The van der Waals surface area contributed by atoms with E-state index in [4.69, 9.17) is 11.6 Å². The number of amides is 2. The van der Waals surface area contributed by atoms with Crippen molar-refractivity contribution in [2.24, 2.45) is 0 Å². The van der Waals surface area contributed by atoms with Crippen LogP contribution in [0, 0.1) is 0 Å². The zero-order chi connectivity index (χ0) is 24.7. The van der Waals surface area contributed by atoms with Gasteiger partial charge in [0.05, 0.1) is 11.9 Å². The number of halogens is 1. The molecule has 7 nitrogen and oxygen atoms in total. The molecule has 2 amide bonds. The average Bonchev–Trinajstić information content (AvgIpc) is 2.81. The molecule has 0 bridgehead atoms. The van der Waals surface area contributed by atoms with Crippen molar-refractivity contribution >= 4 is 39.1 Å². The molecule has 1 atom stereocenters. The molecule has 3 rings (SSSR count). The van der Waals surface area contributed by atoms with Crippen molar-refractivity contribution in [3.05, 3.63) is 65.2 Å². The first-order chi connectivity index (χ1) is 16.1. The first-order valence-electron chi connectivity index (χ1n) is 11.5. The SMILES string of the molecule is C[C@H](C(=O)NC1CCCCC1)N(Cc1ccccc1)C(=O)CN(c1ccc(Cl)cc1)S(C)(=O)=O. The zero-order valence-electron chi connectivity index (χ0n) is 19.6. The van der Waals surface area contributed by atoms with Crippen LogP contribution in [0.2, 0.25) is 5.02 Å². The molecular formula is C25H32ClN3O4S. The monoisotopic (exact) mass is 505 g/mol. The van der Waals surface area contributed by atoms with Crippen LogP contribution in [0.5, 0.6) is 0 Å². The topological polar surface area (TPSA) is 86.8 Å². The van der Waals surface area contributed by atoms with E-state index < -0.39 is 28.5 Å². The highest BCUT2D eigenvalue weighted by Gasteiger charge is 2.31. The molecule has 0 spiro atoms. The Morgan fingerprint density at radius 3 is 2.24 bits per heavy atom. The summed E-state index contributed by atoms with van der Waals surface area (Å²) in [6.07, 6.45) is 6.25. The van der Waals surface area contributed by atoms with Gasteiger partial charge in [0.2, 0.25) is 21.8 Å². The van der Waals surface area contributed by atoms with E-state index in [-0.39, 0.29) is 18.5 Å². The number of carbonyl (C=O) groups excluding carboxylic acids is 2. The highest BCUT2D eigenvalue weighted by Crippen LogP contribution is 2.22. The molecular weight excluding hydrogens is 474 g/mol. The number of hydrogen-bond donors (Lipinski definition) is 1. The van der Waals surface area contributed by atoms with Gasteiger partial charge in [0.15, 0.2) is 0 Å². The smallest absolute Gasteiger partial charge is 0.244 e. The molecule has 2 aromatic rings. The maximum Gasteiger partial charge on any atom is 0.244 e. The quantitative estimate of drug-likeness (QED) is 0.558. The maximum atomic E-state index is 13.5. The van der Waals surface area contributed by atoms with Crippen molar-refractivity contribution in [3.63, 3.8) is 0 Å². The minimum atomic E-state index is -3.76. The third-order valence-corrected chi connectivity index (χ3v) is 7.50. The normalized spacial score (nSPS) is 15.4. The Morgan fingerprint density at radius 1 is 1.03 bits per heavy atom. The van der Waals surface area contributed by atoms with E-state index in [0.29, 0.717) is 10.7 Å². The van der Waals surface area contributed by atoms with E-state index in [1.807, 2.05) is 30.3 Å². The number of carbonyl (C=O) groups is 2. The number of sulfonamides is 1. The highest BCUT2D eigenvalue weighted by molar-refractivity contribution is 7.92. The second-order valence-electron chi connectivity index (χ2n) is 8.77. The lowest BCUT2D eigenvalue weighted by atomic mass is 9.95. The summed E-state index contributed by atoms with van der Waals surface area (Å²) >= 11 is 5.95. The molecule has 0 aromatic heterocycles. The van der Waals surface area contributed by atoms with E-state index in [1.165, 1.54) is 11.3 Å². The van der Waals surface area contributed by atoms with E-state index in [9.17, 15) is 18.0 Å². The molecule has 1 aliphatic rings. The molecule has 1 fully saturated rings. The lowest BCUT2D eigenvalue weighted by Gasteiger charge is -2.33. The van der Waals surface area contributed by atoms with Crippen LogP contribution < -0.4 is 9.62 Å². The van der Waals surface area contributed by atoms with Crippen molar-refractivity contribution in [1.29, 1.82) is 0 Å². The molecule has 9 heteroatoms. The van der Waals surface area contributed by atoms with Crippen LogP contribution >= 0.6 is 11.6 Å². The first-order valence-corrected chi connectivity index (χ1v) is 13.7. The van der Waals surface area contributed by atoms with Crippen LogP contribution in [0.3, 0.4) is 0 Å². The number of benzene rings is 2. The molecule has 0 unspecified atom stereocenters. The molecule has 1 aliphatic carbocycles. The molecule has 34 heavy (non-hydrogen) atoms. The van der Waals surface area contributed by atoms with Crippen LogP contribution in [-0.4, -0.2) is 50.0 Å². The lowest BCUT2D eigenvalue weighted by Crippen LogP contribution is -2.52. The standard InChI is InChI=1S/C25H32ClN3O4S/c1-19(25(31)27-22-11-7-4-8-12-22)28(17-20-9-5-3-6-10-20)24(30)18-29(34(2,32)33)23-15-13-21(26)14-16-23/h3,5-6,9-10,13-16,19,22H,4,7-8,11-12,17-18H2,1-2H3,(H,27,31)/t19-/m1/s1. The maximum absolute atomic E-state index is 13.5. The van der Waals surface area contributed by atoms with Crippen molar-refractivity contribution < 1.29 is 18.0 Å². The predicted octanol–water partition coefficient (Wildman–Crippen LogP) is 3.97. The van der Waals surface area contributed by atoms with Gasteiger partial charge in [-0.3, -0.25) is 13.9 Å². The molecule has 184 valence electrons. The third kappa shape index (κ3) is 7.21. The molecule has 2 aromatic carbocycles. The number of rotatable bonds is 9. The van der Waals surface area contributed by atoms with Gasteiger partial charge < -0.3 is 10.2 Å². The van der Waals surface area contributed by atoms with Gasteiger partial charge >= 0.3 is 0 Å². The minimum Gasteiger partial charge on any atom is -0.352 e. The number of hydrogen-bond acceptors (Lipinski definition) is 4. The fraction of sp³-hybridized carbons (Fsp3) is 0.440. The van der Waals surface area contributed by atoms with Crippen LogP contribution in [-0.2, 0) is 26.2 Å². The van der Waals surface area contributed by atoms with Crippen molar-refractivity contribution in [1.82, 2.24) is 10.2 Å². The Bertz CT molecular complexity index is 1070. The van der Waals surface area contributed by atoms with Gasteiger partial charge in [-0.2, -0.15) is 0 Å². The second-order valence-corrected chi connectivity index (χ2v) is 11.1.